The van der Waals surface area contributed by atoms with Gasteiger partial charge in [-0.3, -0.25) is 4.79 Å². The molecule has 21 heavy (non-hydrogen) atoms. The quantitative estimate of drug-likeness (QED) is 0.831. The molecule has 2 rings (SSSR count). The Bertz CT molecular complexity index is 491. The van der Waals surface area contributed by atoms with E-state index in [9.17, 15) is 9.90 Å². The Morgan fingerprint density at radius 2 is 2.38 bits per heavy atom. The number of carbonyl (C=O) groups is 1. The maximum absolute atomic E-state index is 12.3. The van der Waals surface area contributed by atoms with Crippen LogP contribution in [0.1, 0.15) is 25.0 Å². The number of aryl methyl sites for hydroxylation is 1. The fourth-order valence-corrected chi connectivity index (χ4v) is 3.47. The standard InChI is InChI=1S/C14H24N4O2S/c1-17(2)9-14(20)6-3-7-18(10-14)12(19)5-4-11-8-21-13(15)16-11/h8,20H,3-7,9-10H2,1-2H3,(H2,15,16)/t14-/m0/s1. The number of thiazole rings is 1. The summed E-state index contributed by atoms with van der Waals surface area (Å²) in [4.78, 5) is 20.2. The highest BCUT2D eigenvalue weighted by Crippen LogP contribution is 2.23. The first-order valence-electron chi connectivity index (χ1n) is 7.23. The van der Waals surface area contributed by atoms with E-state index in [4.69, 9.17) is 5.73 Å². The van der Waals surface area contributed by atoms with E-state index in [1.54, 1.807) is 4.90 Å². The normalized spacial score (nSPS) is 22.8. The molecule has 118 valence electrons. The van der Waals surface area contributed by atoms with E-state index in [-0.39, 0.29) is 5.91 Å². The molecule has 1 aromatic rings. The predicted molar refractivity (Wildman–Crippen MR) is 84.2 cm³/mol. The number of piperidine rings is 1. The average molecular weight is 312 g/mol. The molecular weight excluding hydrogens is 288 g/mol. The van der Waals surface area contributed by atoms with E-state index >= 15 is 0 Å². The van der Waals surface area contributed by atoms with Crippen LogP contribution in [0.4, 0.5) is 5.13 Å². The molecule has 6 nitrogen and oxygen atoms in total. The minimum atomic E-state index is -0.789. The minimum Gasteiger partial charge on any atom is -0.387 e. The van der Waals surface area contributed by atoms with Crippen molar-refractivity contribution in [1.82, 2.24) is 14.8 Å². The Balaban J connectivity index is 1.87. The van der Waals surface area contributed by atoms with Crippen LogP contribution in [0, 0.1) is 0 Å². The van der Waals surface area contributed by atoms with E-state index in [2.05, 4.69) is 4.98 Å². The van der Waals surface area contributed by atoms with Crippen molar-refractivity contribution in [1.29, 1.82) is 0 Å². The molecule has 0 aliphatic carbocycles. The topological polar surface area (TPSA) is 82.7 Å². The zero-order valence-corrected chi connectivity index (χ0v) is 13.5. The monoisotopic (exact) mass is 312 g/mol. The third-order valence-electron chi connectivity index (χ3n) is 3.68. The molecule has 1 saturated heterocycles. The first-order chi connectivity index (χ1) is 9.88. The Morgan fingerprint density at radius 1 is 1.62 bits per heavy atom. The first kappa shape index (κ1) is 16.2. The third kappa shape index (κ3) is 4.66. The van der Waals surface area contributed by atoms with Gasteiger partial charge in [0.1, 0.15) is 0 Å². The smallest absolute Gasteiger partial charge is 0.223 e. The molecule has 2 heterocycles. The predicted octanol–water partition coefficient (Wildman–Crippen LogP) is 0.573. The number of aliphatic hydroxyl groups is 1. The summed E-state index contributed by atoms with van der Waals surface area (Å²) in [5, 5.41) is 13.0. The molecular formula is C14H24N4O2S. The first-order valence-corrected chi connectivity index (χ1v) is 8.11. The number of rotatable bonds is 5. The van der Waals surface area contributed by atoms with Crippen molar-refractivity contribution < 1.29 is 9.90 Å². The van der Waals surface area contributed by atoms with Gasteiger partial charge in [-0.25, -0.2) is 4.98 Å². The largest absolute Gasteiger partial charge is 0.387 e. The number of aromatic nitrogens is 1. The number of nitrogens with two attached hydrogens (primary N) is 1. The number of nitrogens with zero attached hydrogens (tertiary/aromatic N) is 3. The summed E-state index contributed by atoms with van der Waals surface area (Å²) in [7, 11) is 3.87. The summed E-state index contributed by atoms with van der Waals surface area (Å²) in [6, 6.07) is 0. The maximum atomic E-state index is 12.3. The summed E-state index contributed by atoms with van der Waals surface area (Å²) in [6.07, 6.45) is 2.62. The minimum absolute atomic E-state index is 0.0819. The fourth-order valence-electron chi connectivity index (χ4n) is 2.87. The fraction of sp³-hybridized carbons (Fsp3) is 0.714. The van der Waals surface area contributed by atoms with Crippen LogP contribution in [0.25, 0.3) is 0 Å². The molecule has 0 spiro atoms. The maximum Gasteiger partial charge on any atom is 0.223 e. The lowest BCUT2D eigenvalue weighted by Crippen LogP contribution is -2.54. The number of nitrogen functional groups attached to an aromatic ring is 1. The van der Waals surface area contributed by atoms with E-state index in [1.807, 2.05) is 24.4 Å². The van der Waals surface area contributed by atoms with Gasteiger partial charge < -0.3 is 20.6 Å². The van der Waals surface area contributed by atoms with Gasteiger partial charge in [0.25, 0.3) is 0 Å². The lowest BCUT2D eigenvalue weighted by atomic mass is 9.92. The van der Waals surface area contributed by atoms with Crippen molar-refractivity contribution in [3.63, 3.8) is 0 Å². The number of hydrogen-bond donors (Lipinski definition) is 2. The summed E-state index contributed by atoms with van der Waals surface area (Å²) in [6.45, 7) is 1.73. The van der Waals surface area contributed by atoms with Crippen molar-refractivity contribution in [3.8, 4) is 0 Å². The lowest BCUT2D eigenvalue weighted by molar-refractivity contribution is -0.139. The van der Waals surface area contributed by atoms with Crippen LogP contribution in [0.3, 0.4) is 0 Å². The molecule has 1 atom stereocenters. The summed E-state index contributed by atoms with van der Waals surface area (Å²) in [5.41, 5.74) is 5.66. The van der Waals surface area contributed by atoms with E-state index in [1.165, 1.54) is 11.3 Å². The van der Waals surface area contributed by atoms with Crippen LogP contribution in [0.15, 0.2) is 5.38 Å². The van der Waals surface area contributed by atoms with Crippen LogP contribution in [-0.2, 0) is 11.2 Å². The van der Waals surface area contributed by atoms with Crippen LogP contribution in [-0.4, -0.2) is 65.1 Å². The van der Waals surface area contributed by atoms with Gasteiger partial charge >= 0.3 is 0 Å². The summed E-state index contributed by atoms with van der Waals surface area (Å²) >= 11 is 1.39. The van der Waals surface area contributed by atoms with Crippen LogP contribution in [0.5, 0.6) is 0 Å². The molecule has 1 aliphatic rings. The lowest BCUT2D eigenvalue weighted by Gasteiger charge is -2.40. The van der Waals surface area contributed by atoms with Crippen molar-refractivity contribution in [2.45, 2.75) is 31.3 Å². The molecule has 1 aromatic heterocycles. The van der Waals surface area contributed by atoms with Gasteiger partial charge in [-0.1, -0.05) is 0 Å². The zero-order chi connectivity index (χ0) is 15.5. The molecule has 3 N–H and O–H groups in total. The number of anilines is 1. The molecule has 0 unspecified atom stereocenters. The second-order valence-corrected chi connectivity index (χ2v) is 6.95. The molecule has 1 fully saturated rings. The number of likely N-dealkylation sites (N-methyl/N-ethyl adjacent to an activating group) is 1. The molecule has 1 aliphatic heterocycles. The Morgan fingerprint density at radius 3 is 3.00 bits per heavy atom. The summed E-state index contributed by atoms with van der Waals surface area (Å²) < 4.78 is 0. The molecule has 7 heteroatoms. The highest BCUT2D eigenvalue weighted by atomic mass is 32.1. The second-order valence-electron chi connectivity index (χ2n) is 6.06. The van der Waals surface area contributed by atoms with Gasteiger partial charge in [0.05, 0.1) is 17.8 Å². The van der Waals surface area contributed by atoms with Gasteiger partial charge in [0, 0.05) is 24.9 Å². The second kappa shape index (κ2) is 6.72. The Hall–Kier alpha value is -1.18. The number of hydrogen-bond acceptors (Lipinski definition) is 6. The van der Waals surface area contributed by atoms with Gasteiger partial charge in [-0.2, -0.15) is 0 Å². The molecule has 0 bridgehead atoms. The van der Waals surface area contributed by atoms with Gasteiger partial charge in [0.15, 0.2) is 5.13 Å². The Labute approximate surface area is 129 Å². The number of likely N-dealkylation sites (tertiary alicyclic amines) is 1. The van der Waals surface area contributed by atoms with E-state index < -0.39 is 5.60 Å². The SMILES string of the molecule is CN(C)C[C@@]1(O)CCCN(C(=O)CCc2csc(N)n2)C1. The Kier molecular flexibility index (Phi) is 5.18. The van der Waals surface area contributed by atoms with E-state index in [0.29, 0.717) is 31.1 Å². The number of carbonyl (C=O) groups excluding carboxylic acids is 1. The number of β-amino-alcohol motifs (C(OH)–C–C–N with tert-alkyl or cyclic N) is 1. The van der Waals surface area contributed by atoms with Crippen molar-refractivity contribution in [2.75, 3.05) is 39.5 Å². The average Bonchev–Trinajstić information content (AvgIpc) is 2.80. The van der Waals surface area contributed by atoms with E-state index in [0.717, 1.165) is 25.1 Å². The third-order valence-corrected chi connectivity index (χ3v) is 4.41. The van der Waals surface area contributed by atoms with Crippen LogP contribution >= 0.6 is 11.3 Å². The van der Waals surface area contributed by atoms with Crippen LogP contribution in [0.2, 0.25) is 0 Å². The van der Waals surface area contributed by atoms with Gasteiger partial charge in [-0.05, 0) is 33.4 Å². The molecule has 0 aromatic carbocycles. The summed E-state index contributed by atoms with van der Waals surface area (Å²) in [5.74, 6) is 0.0819. The number of amides is 1. The highest BCUT2D eigenvalue weighted by molar-refractivity contribution is 7.13. The molecule has 0 saturated carbocycles. The van der Waals surface area contributed by atoms with Gasteiger partial charge in [0.2, 0.25) is 5.91 Å². The highest BCUT2D eigenvalue weighted by Gasteiger charge is 2.35. The van der Waals surface area contributed by atoms with Crippen molar-refractivity contribution in [2.24, 2.45) is 0 Å². The molecule has 1 amide bonds. The molecule has 0 radical (unpaired) electrons. The van der Waals surface area contributed by atoms with Crippen LogP contribution < -0.4 is 5.73 Å². The van der Waals surface area contributed by atoms with Gasteiger partial charge in [-0.15, -0.1) is 11.3 Å². The van der Waals surface area contributed by atoms with Crippen molar-refractivity contribution >= 4 is 22.4 Å². The zero-order valence-electron chi connectivity index (χ0n) is 12.7. The van der Waals surface area contributed by atoms with Crippen molar-refractivity contribution in [3.05, 3.63) is 11.1 Å².